The van der Waals surface area contributed by atoms with Crippen LogP contribution < -0.4 is 5.32 Å². The molecule has 2 aliphatic rings. The van der Waals surface area contributed by atoms with E-state index in [9.17, 15) is 9.59 Å². The third-order valence-corrected chi connectivity index (χ3v) is 5.11. The highest BCUT2D eigenvalue weighted by molar-refractivity contribution is 5.84. The predicted molar refractivity (Wildman–Crippen MR) is 84.1 cm³/mol. The van der Waals surface area contributed by atoms with E-state index >= 15 is 0 Å². The van der Waals surface area contributed by atoms with Gasteiger partial charge in [0, 0.05) is 24.9 Å². The smallest absolute Gasteiger partial charge is 0.237 e. The number of ketones is 1. The van der Waals surface area contributed by atoms with Crippen LogP contribution in [0.1, 0.15) is 65.2 Å². The zero-order chi connectivity index (χ0) is 15.2. The number of nitrogens with one attached hydrogen (secondary N) is 1. The molecule has 4 nitrogen and oxygen atoms in total. The first-order valence-electron chi connectivity index (χ1n) is 8.71. The number of carbonyl (C=O) groups excluding carboxylic acids is 2. The number of nitrogens with zero attached hydrogens (tertiary/aromatic N) is 1. The van der Waals surface area contributed by atoms with Gasteiger partial charge in [0.15, 0.2) is 0 Å². The molecule has 4 heteroatoms. The molecule has 120 valence electrons. The number of hydrogen-bond donors (Lipinski definition) is 1. The average Bonchev–Trinajstić information content (AvgIpc) is 3.10. The summed E-state index contributed by atoms with van der Waals surface area (Å²) in [6, 6.07) is 0.198. The van der Waals surface area contributed by atoms with Crippen molar-refractivity contribution in [2.24, 2.45) is 5.92 Å². The predicted octanol–water partition coefficient (Wildman–Crippen LogP) is 2.51. The molecule has 0 aromatic carbocycles. The summed E-state index contributed by atoms with van der Waals surface area (Å²) in [6.07, 6.45) is 8.37. The summed E-state index contributed by atoms with van der Waals surface area (Å²) in [6.45, 7) is 5.89. The van der Waals surface area contributed by atoms with E-state index in [1.54, 1.807) is 0 Å². The second-order valence-electron chi connectivity index (χ2n) is 6.59. The van der Waals surface area contributed by atoms with E-state index in [0.717, 1.165) is 58.0 Å². The number of rotatable bonds is 7. The van der Waals surface area contributed by atoms with Gasteiger partial charge in [-0.1, -0.05) is 19.8 Å². The highest BCUT2D eigenvalue weighted by Gasteiger charge is 2.40. The monoisotopic (exact) mass is 294 g/mol. The normalized spacial score (nSPS) is 28.0. The summed E-state index contributed by atoms with van der Waals surface area (Å²) >= 11 is 0. The Kier molecular flexibility index (Phi) is 6.22. The highest BCUT2D eigenvalue weighted by Crippen LogP contribution is 2.34. The number of amides is 1. The minimum Gasteiger partial charge on any atom is -0.355 e. The van der Waals surface area contributed by atoms with Crippen molar-refractivity contribution in [3.63, 3.8) is 0 Å². The molecule has 1 N–H and O–H groups in total. The van der Waals surface area contributed by atoms with Crippen LogP contribution in [0.2, 0.25) is 0 Å². The average molecular weight is 294 g/mol. The first kappa shape index (κ1) is 16.5. The van der Waals surface area contributed by atoms with Crippen LogP contribution in [0.5, 0.6) is 0 Å². The first-order valence-corrected chi connectivity index (χ1v) is 8.71. The molecule has 1 heterocycles. The van der Waals surface area contributed by atoms with Crippen LogP contribution in [0.25, 0.3) is 0 Å². The van der Waals surface area contributed by atoms with Crippen molar-refractivity contribution in [3.8, 4) is 0 Å². The molecule has 1 saturated carbocycles. The van der Waals surface area contributed by atoms with Crippen molar-refractivity contribution in [2.45, 2.75) is 77.3 Å². The van der Waals surface area contributed by atoms with Crippen molar-refractivity contribution in [2.75, 3.05) is 13.1 Å². The Morgan fingerprint density at radius 3 is 2.81 bits per heavy atom. The lowest BCUT2D eigenvalue weighted by Gasteiger charge is -2.32. The standard InChI is InChI=1S/C17H30N2O2/c1-3-4-5-11-18-17(21)13(2)19-12-7-9-15(19)14-8-6-10-16(14)20/h13-15H,3-12H2,1-2H3,(H,18,21). The molecule has 0 radical (unpaired) electrons. The molecule has 2 rings (SSSR count). The third kappa shape index (κ3) is 4.06. The minimum absolute atomic E-state index is 0.104. The van der Waals surface area contributed by atoms with Gasteiger partial charge < -0.3 is 5.32 Å². The SMILES string of the molecule is CCCCCNC(=O)C(C)N1CCCC1C1CCCC1=O. The van der Waals surface area contributed by atoms with E-state index in [-0.39, 0.29) is 17.9 Å². The lowest BCUT2D eigenvalue weighted by molar-refractivity contribution is -0.129. The van der Waals surface area contributed by atoms with E-state index < -0.39 is 0 Å². The second-order valence-corrected chi connectivity index (χ2v) is 6.59. The molecule has 0 spiro atoms. The fraction of sp³-hybridized carbons (Fsp3) is 0.882. The number of unbranched alkanes of at least 4 members (excludes halogenated alkanes) is 2. The maximum atomic E-state index is 12.3. The fourth-order valence-electron chi connectivity index (χ4n) is 3.86. The van der Waals surface area contributed by atoms with Crippen LogP contribution in [0, 0.1) is 5.92 Å². The number of likely N-dealkylation sites (tertiary alicyclic amines) is 1. The van der Waals surface area contributed by atoms with Gasteiger partial charge in [0.1, 0.15) is 5.78 Å². The van der Waals surface area contributed by atoms with Crippen LogP contribution in [-0.4, -0.2) is 41.8 Å². The Labute approximate surface area is 128 Å². The molecular weight excluding hydrogens is 264 g/mol. The molecule has 0 bridgehead atoms. The van der Waals surface area contributed by atoms with Gasteiger partial charge in [-0.15, -0.1) is 0 Å². The maximum Gasteiger partial charge on any atom is 0.237 e. The van der Waals surface area contributed by atoms with Crippen molar-refractivity contribution >= 4 is 11.7 Å². The van der Waals surface area contributed by atoms with E-state index in [4.69, 9.17) is 0 Å². The van der Waals surface area contributed by atoms with Crippen LogP contribution in [0.15, 0.2) is 0 Å². The van der Waals surface area contributed by atoms with Crippen molar-refractivity contribution in [1.29, 1.82) is 0 Å². The minimum atomic E-state index is -0.104. The van der Waals surface area contributed by atoms with Crippen LogP contribution in [-0.2, 0) is 9.59 Å². The van der Waals surface area contributed by atoms with Gasteiger partial charge in [-0.3, -0.25) is 14.5 Å². The summed E-state index contributed by atoms with van der Waals surface area (Å²) in [4.78, 5) is 26.6. The molecule has 1 aliphatic carbocycles. The summed E-state index contributed by atoms with van der Waals surface area (Å²) in [5.74, 6) is 0.730. The number of hydrogen-bond acceptors (Lipinski definition) is 3. The van der Waals surface area contributed by atoms with Gasteiger partial charge in [0.25, 0.3) is 0 Å². The molecule has 21 heavy (non-hydrogen) atoms. The van der Waals surface area contributed by atoms with E-state index in [2.05, 4.69) is 17.1 Å². The Bertz CT molecular complexity index is 370. The van der Waals surface area contributed by atoms with Crippen molar-refractivity contribution < 1.29 is 9.59 Å². The van der Waals surface area contributed by atoms with Crippen LogP contribution in [0.3, 0.4) is 0 Å². The Morgan fingerprint density at radius 2 is 2.14 bits per heavy atom. The molecule has 0 aromatic rings. The maximum absolute atomic E-state index is 12.3. The number of Topliss-reactive ketones (excluding diaryl/α,β-unsaturated/α-hetero) is 1. The molecule has 3 atom stereocenters. The zero-order valence-corrected chi connectivity index (χ0v) is 13.6. The lowest BCUT2D eigenvalue weighted by atomic mass is 9.94. The van der Waals surface area contributed by atoms with Gasteiger partial charge in [0.05, 0.1) is 6.04 Å². The largest absolute Gasteiger partial charge is 0.355 e. The Hall–Kier alpha value is -0.900. The van der Waals surface area contributed by atoms with E-state index in [0.29, 0.717) is 11.8 Å². The van der Waals surface area contributed by atoms with Crippen molar-refractivity contribution in [1.82, 2.24) is 10.2 Å². The molecular formula is C17H30N2O2. The third-order valence-electron chi connectivity index (χ3n) is 5.11. The van der Waals surface area contributed by atoms with Crippen molar-refractivity contribution in [3.05, 3.63) is 0 Å². The molecule has 2 fully saturated rings. The lowest BCUT2D eigenvalue weighted by Crippen LogP contribution is -2.50. The quantitative estimate of drug-likeness (QED) is 0.734. The summed E-state index contributed by atoms with van der Waals surface area (Å²) in [5, 5.41) is 3.05. The van der Waals surface area contributed by atoms with E-state index in [1.807, 2.05) is 6.92 Å². The summed E-state index contributed by atoms with van der Waals surface area (Å²) in [5.41, 5.74) is 0. The second kappa shape index (κ2) is 7.92. The van der Waals surface area contributed by atoms with Gasteiger partial charge in [-0.05, 0) is 45.6 Å². The zero-order valence-electron chi connectivity index (χ0n) is 13.6. The van der Waals surface area contributed by atoms with Crippen LogP contribution in [0.4, 0.5) is 0 Å². The highest BCUT2D eigenvalue weighted by atomic mass is 16.2. The first-order chi connectivity index (χ1) is 10.1. The van der Waals surface area contributed by atoms with Gasteiger partial charge in [-0.2, -0.15) is 0 Å². The topological polar surface area (TPSA) is 49.4 Å². The molecule has 1 aliphatic heterocycles. The molecule has 1 saturated heterocycles. The summed E-state index contributed by atoms with van der Waals surface area (Å²) in [7, 11) is 0. The van der Waals surface area contributed by atoms with Crippen LogP contribution >= 0.6 is 0 Å². The van der Waals surface area contributed by atoms with Gasteiger partial charge in [0.2, 0.25) is 5.91 Å². The number of carbonyl (C=O) groups is 2. The fourth-order valence-corrected chi connectivity index (χ4v) is 3.86. The Morgan fingerprint density at radius 1 is 1.33 bits per heavy atom. The molecule has 3 unspecified atom stereocenters. The summed E-state index contributed by atoms with van der Waals surface area (Å²) < 4.78 is 0. The van der Waals surface area contributed by atoms with E-state index in [1.165, 1.54) is 6.42 Å². The van der Waals surface area contributed by atoms with Gasteiger partial charge >= 0.3 is 0 Å². The van der Waals surface area contributed by atoms with Gasteiger partial charge in [-0.25, -0.2) is 0 Å². The molecule has 1 amide bonds. The molecule has 0 aromatic heterocycles. The Balaban J connectivity index is 1.86.